The lowest BCUT2D eigenvalue weighted by atomic mass is 9.96. The van der Waals surface area contributed by atoms with Crippen LogP contribution in [0.25, 0.3) is 22.6 Å². The number of unbranched alkanes of at least 4 members (excludes halogenated alkanes) is 2. The summed E-state index contributed by atoms with van der Waals surface area (Å²) in [4.78, 5) is 8.88. The molecule has 3 aromatic rings. The Morgan fingerprint density at radius 3 is 2.50 bits per heavy atom. The molecule has 0 unspecified atom stereocenters. The van der Waals surface area contributed by atoms with E-state index in [-0.39, 0.29) is 0 Å². The summed E-state index contributed by atoms with van der Waals surface area (Å²) in [5, 5.41) is 1.98. The first-order valence-corrected chi connectivity index (χ1v) is 13.1. The van der Waals surface area contributed by atoms with Gasteiger partial charge < -0.3 is 13.9 Å². The molecule has 0 radical (unpaired) electrons. The van der Waals surface area contributed by atoms with E-state index in [1.165, 1.54) is 6.39 Å². The third-order valence-electron chi connectivity index (χ3n) is 6.20. The number of rotatable bonds is 13. The molecule has 7 heteroatoms. The minimum absolute atomic E-state index is 0.290. The lowest BCUT2D eigenvalue weighted by Crippen LogP contribution is -2.30. The van der Waals surface area contributed by atoms with E-state index in [1.807, 2.05) is 23.5 Å². The fourth-order valence-corrected chi connectivity index (χ4v) is 4.17. The van der Waals surface area contributed by atoms with E-state index in [9.17, 15) is 0 Å². The highest BCUT2D eigenvalue weighted by Crippen LogP contribution is 2.42. The molecule has 0 spiro atoms. The summed E-state index contributed by atoms with van der Waals surface area (Å²) in [7, 11) is 0. The number of ether oxygens (including phenoxy) is 2. The minimum Gasteiger partial charge on any atom is -0.493 e. The molecule has 7 nitrogen and oxygen atoms in total. The second-order valence-electron chi connectivity index (χ2n) is 9.42. The predicted octanol–water partition coefficient (Wildman–Crippen LogP) is 6.80. The largest absolute Gasteiger partial charge is 0.493 e. The zero-order valence-corrected chi connectivity index (χ0v) is 21.9. The van der Waals surface area contributed by atoms with Gasteiger partial charge in [0, 0.05) is 17.2 Å². The molecule has 192 valence electrons. The van der Waals surface area contributed by atoms with Gasteiger partial charge in [-0.05, 0) is 42.0 Å². The number of hydrogen-bond acceptors (Lipinski definition) is 7. The maximum Gasteiger partial charge on any atom is 0.182 e. The van der Waals surface area contributed by atoms with Gasteiger partial charge in [-0.2, -0.15) is 0 Å². The first-order valence-electron chi connectivity index (χ1n) is 13.1. The summed E-state index contributed by atoms with van der Waals surface area (Å²) in [6.45, 7) is 11.4. The summed E-state index contributed by atoms with van der Waals surface area (Å²) < 4.78 is 18.5. The number of aromatic nitrogens is 1. The van der Waals surface area contributed by atoms with Crippen molar-refractivity contribution in [1.29, 1.82) is 0 Å². The summed E-state index contributed by atoms with van der Waals surface area (Å²) in [5.41, 5.74) is 8.20. The highest BCUT2D eigenvalue weighted by molar-refractivity contribution is 5.81. The molecule has 4 rings (SSSR count). The quantitative estimate of drug-likeness (QED) is 0.266. The summed E-state index contributed by atoms with van der Waals surface area (Å²) >= 11 is 0. The average Bonchev–Trinajstić information content (AvgIpc) is 3.57. The van der Waals surface area contributed by atoms with Crippen molar-refractivity contribution in [2.75, 3.05) is 19.9 Å². The van der Waals surface area contributed by atoms with Gasteiger partial charge in [0.25, 0.3) is 0 Å². The van der Waals surface area contributed by atoms with E-state index in [0.29, 0.717) is 32.3 Å². The first-order chi connectivity index (χ1) is 17.6. The lowest BCUT2D eigenvalue weighted by Gasteiger charge is -2.19. The number of benzene rings is 2. The Labute approximate surface area is 214 Å². The molecule has 1 N–H and O–H groups in total. The third kappa shape index (κ3) is 6.26. The fraction of sp³-hybridized carbons (Fsp3) is 0.448. The molecule has 1 aromatic heterocycles. The van der Waals surface area contributed by atoms with Crippen LogP contribution in [0.15, 0.2) is 52.2 Å². The smallest absolute Gasteiger partial charge is 0.182 e. The van der Waals surface area contributed by atoms with E-state index < -0.39 is 0 Å². The second kappa shape index (κ2) is 12.6. The van der Waals surface area contributed by atoms with Crippen molar-refractivity contribution in [3.05, 3.63) is 53.9 Å². The van der Waals surface area contributed by atoms with Crippen LogP contribution >= 0.6 is 0 Å². The Hall–Kier alpha value is -3.32. The molecule has 2 aromatic carbocycles. The Morgan fingerprint density at radius 1 is 1.03 bits per heavy atom. The number of aliphatic imine (C=N–C) groups is 1. The molecular weight excluding hydrogens is 452 g/mol. The number of nitrogens with zero attached hydrogens (tertiary/aromatic N) is 3. The standard InChI is InChI=1S/C29H38N4O3/c1-5-7-12-34-26-16-27(35-13-8-6-2)25(15-24(26)21(3)4)28-29(36-20-31-28)23-11-9-10-22(14-23)17-33-19-30-18-32-33/h9-11,14-16,19-21,32H,5-8,12-13,17-18H2,1-4H3. The van der Waals surface area contributed by atoms with Crippen LogP contribution in [0.5, 0.6) is 11.5 Å². The topological polar surface area (TPSA) is 72.1 Å². The van der Waals surface area contributed by atoms with Crippen molar-refractivity contribution >= 4 is 6.34 Å². The number of oxazole rings is 1. The minimum atomic E-state index is 0.290. The van der Waals surface area contributed by atoms with Crippen LogP contribution < -0.4 is 14.9 Å². The van der Waals surface area contributed by atoms with Gasteiger partial charge in [-0.3, -0.25) is 10.0 Å². The molecule has 2 heterocycles. The molecule has 36 heavy (non-hydrogen) atoms. The van der Waals surface area contributed by atoms with Crippen LogP contribution in [0.3, 0.4) is 0 Å². The van der Waals surface area contributed by atoms with Crippen molar-refractivity contribution in [1.82, 2.24) is 15.4 Å². The van der Waals surface area contributed by atoms with Gasteiger partial charge in [-0.25, -0.2) is 10.4 Å². The Balaban J connectivity index is 1.72. The van der Waals surface area contributed by atoms with E-state index in [1.54, 1.807) is 0 Å². The monoisotopic (exact) mass is 490 g/mol. The van der Waals surface area contributed by atoms with Crippen LogP contribution in [0.1, 0.15) is 70.4 Å². The molecule has 1 aliphatic heterocycles. The fourth-order valence-electron chi connectivity index (χ4n) is 4.17. The maximum atomic E-state index is 6.30. The van der Waals surface area contributed by atoms with Crippen LogP contribution in [0.4, 0.5) is 0 Å². The molecule has 0 aliphatic carbocycles. The van der Waals surface area contributed by atoms with Gasteiger partial charge >= 0.3 is 0 Å². The molecule has 0 bridgehead atoms. The number of hydrazine groups is 1. The van der Waals surface area contributed by atoms with Gasteiger partial charge in [0.05, 0.1) is 19.8 Å². The summed E-state index contributed by atoms with van der Waals surface area (Å²) in [6.07, 6.45) is 7.51. The molecular formula is C29H38N4O3. The molecule has 0 atom stereocenters. The Morgan fingerprint density at radius 2 is 1.81 bits per heavy atom. The van der Waals surface area contributed by atoms with Gasteiger partial charge in [0.1, 0.15) is 30.2 Å². The predicted molar refractivity (Wildman–Crippen MR) is 144 cm³/mol. The average molecular weight is 491 g/mol. The van der Waals surface area contributed by atoms with Crippen molar-refractivity contribution in [2.45, 2.75) is 65.8 Å². The highest BCUT2D eigenvalue weighted by atomic mass is 16.5. The van der Waals surface area contributed by atoms with Gasteiger partial charge in [0.2, 0.25) is 0 Å². The van der Waals surface area contributed by atoms with Crippen molar-refractivity contribution < 1.29 is 13.9 Å². The van der Waals surface area contributed by atoms with E-state index in [0.717, 1.165) is 70.9 Å². The van der Waals surface area contributed by atoms with Gasteiger partial charge in [-0.1, -0.05) is 58.7 Å². The first kappa shape index (κ1) is 25.8. The Bertz CT molecular complexity index is 1160. The molecule has 1 aliphatic rings. The molecule has 0 saturated carbocycles. The van der Waals surface area contributed by atoms with E-state index in [4.69, 9.17) is 13.9 Å². The highest BCUT2D eigenvalue weighted by Gasteiger charge is 2.22. The van der Waals surface area contributed by atoms with Gasteiger partial charge in [0.15, 0.2) is 12.2 Å². The van der Waals surface area contributed by atoms with Crippen LogP contribution in [0, 0.1) is 0 Å². The van der Waals surface area contributed by atoms with Crippen molar-refractivity contribution in [2.24, 2.45) is 4.99 Å². The van der Waals surface area contributed by atoms with Gasteiger partial charge in [-0.15, -0.1) is 0 Å². The molecule has 0 saturated heterocycles. The lowest BCUT2D eigenvalue weighted by molar-refractivity contribution is 0.292. The van der Waals surface area contributed by atoms with E-state index >= 15 is 0 Å². The Kier molecular flexibility index (Phi) is 9.01. The number of hydrogen-bond donors (Lipinski definition) is 1. The summed E-state index contributed by atoms with van der Waals surface area (Å²) in [6, 6.07) is 12.6. The normalized spacial score (nSPS) is 13.1. The third-order valence-corrected chi connectivity index (χ3v) is 6.20. The summed E-state index contributed by atoms with van der Waals surface area (Å²) in [5.74, 6) is 2.69. The van der Waals surface area contributed by atoms with Crippen molar-refractivity contribution in [3.8, 4) is 34.1 Å². The van der Waals surface area contributed by atoms with Crippen LogP contribution in [0.2, 0.25) is 0 Å². The number of nitrogens with one attached hydrogen (secondary N) is 1. The second-order valence-corrected chi connectivity index (χ2v) is 9.42. The molecule has 0 amide bonds. The van der Waals surface area contributed by atoms with Crippen molar-refractivity contribution in [3.63, 3.8) is 0 Å². The van der Waals surface area contributed by atoms with E-state index in [2.05, 4.69) is 67.4 Å². The zero-order valence-electron chi connectivity index (χ0n) is 21.9. The maximum absolute atomic E-state index is 6.30. The zero-order chi connectivity index (χ0) is 25.3. The SMILES string of the molecule is CCCCOc1cc(OCCCC)c(C(C)C)cc1-c1ncoc1-c1cccc(CN2C=NCN2)c1. The van der Waals surface area contributed by atoms with Crippen LogP contribution in [-0.2, 0) is 6.54 Å². The van der Waals surface area contributed by atoms with Crippen LogP contribution in [-0.4, -0.2) is 36.2 Å². The molecule has 0 fully saturated rings.